The van der Waals surface area contributed by atoms with Crippen LogP contribution >= 0.6 is 34.3 Å². The summed E-state index contributed by atoms with van der Waals surface area (Å²) in [6, 6.07) is 12.9. The smallest absolute Gasteiger partial charge is 0.263 e. The van der Waals surface area contributed by atoms with Gasteiger partial charge in [-0.25, -0.2) is 18.1 Å². The monoisotopic (exact) mass is 455 g/mol. The molecule has 2 aromatic heterocycles. The van der Waals surface area contributed by atoms with Gasteiger partial charge in [-0.05, 0) is 24.6 Å². The van der Waals surface area contributed by atoms with Gasteiger partial charge in [0.25, 0.3) is 5.91 Å². The molecule has 28 heavy (non-hydrogen) atoms. The van der Waals surface area contributed by atoms with E-state index in [1.54, 1.807) is 13.0 Å². The first-order valence-electron chi connectivity index (χ1n) is 8.36. The van der Waals surface area contributed by atoms with Crippen LogP contribution in [0.15, 0.2) is 42.5 Å². The number of nitrogens with zero attached hydrogens (tertiary/aromatic N) is 1. The maximum Gasteiger partial charge on any atom is 0.263 e. The van der Waals surface area contributed by atoms with E-state index in [0.29, 0.717) is 14.9 Å². The number of halogens is 1. The van der Waals surface area contributed by atoms with Crippen LogP contribution in [-0.2, 0) is 16.6 Å². The number of sulfonamides is 1. The quantitative estimate of drug-likeness (QED) is 0.542. The average Bonchev–Trinajstić information content (AvgIpc) is 3.26. The molecule has 0 aliphatic rings. The Bertz CT molecular complexity index is 1060. The molecule has 0 saturated carbocycles. The highest BCUT2D eigenvalue weighted by Crippen LogP contribution is 2.34. The van der Waals surface area contributed by atoms with Crippen LogP contribution in [0.3, 0.4) is 0 Å². The molecular weight excluding hydrogens is 438 g/mol. The maximum atomic E-state index is 12.4. The molecule has 148 valence electrons. The molecule has 0 aliphatic heterocycles. The second-order valence-corrected chi connectivity index (χ2v) is 10.6. The SMILES string of the molecule is Cc1nc(-c2ccc(Cl)s2)sc1C(=O)NCCS(=O)(=O)NCc1ccccc1. The van der Waals surface area contributed by atoms with Gasteiger partial charge in [0, 0.05) is 13.1 Å². The number of thiophene rings is 1. The van der Waals surface area contributed by atoms with Gasteiger partial charge in [-0.1, -0.05) is 41.9 Å². The van der Waals surface area contributed by atoms with E-state index in [0.717, 1.165) is 15.4 Å². The summed E-state index contributed by atoms with van der Waals surface area (Å²) in [5.41, 5.74) is 1.48. The Labute approximate surface area is 176 Å². The van der Waals surface area contributed by atoms with E-state index in [4.69, 9.17) is 11.6 Å². The summed E-state index contributed by atoms with van der Waals surface area (Å²) in [6.07, 6.45) is 0. The lowest BCUT2D eigenvalue weighted by Gasteiger charge is -2.08. The standard InChI is InChI=1S/C18H18ClN3O3S3/c1-12-16(27-18(22-12)14-7-8-15(19)26-14)17(23)20-9-10-28(24,25)21-11-13-5-3-2-4-6-13/h2-8,21H,9-11H2,1H3,(H,20,23). The Hall–Kier alpha value is -1.78. The van der Waals surface area contributed by atoms with Crippen LogP contribution < -0.4 is 10.0 Å². The van der Waals surface area contributed by atoms with Crippen LogP contribution in [0, 0.1) is 6.92 Å². The van der Waals surface area contributed by atoms with E-state index in [1.807, 2.05) is 36.4 Å². The number of benzene rings is 1. The third-order valence-electron chi connectivity index (χ3n) is 3.78. The highest BCUT2D eigenvalue weighted by atomic mass is 35.5. The molecule has 0 aliphatic carbocycles. The number of hydrogen-bond acceptors (Lipinski definition) is 6. The first-order chi connectivity index (χ1) is 13.3. The zero-order chi connectivity index (χ0) is 20.1. The van der Waals surface area contributed by atoms with Crippen LogP contribution in [0.4, 0.5) is 0 Å². The van der Waals surface area contributed by atoms with E-state index in [-0.39, 0.29) is 24.7 Å². The van der Waals surface area contributed by atoms with Crippen molar-refractivity contribution in [3.8, 4) is 9.88 Å². The van der Waals surface area contributed by atoms with E-state index in [1.165, 1.54) is 22.7 Å². The number of amides is 1. The number of aromatic nitrogens is 1. The number of hydrogen-bond donors (Lipinski definition) is 2. The van der Waals surface area contributed by atoms with Gasteiger partial charge >= 0.3 is 0 Å². The summed E-state index contributed by atoms with van der Waals surface area (Å²) in [7, 11) is -3.49. The van der Waals surface area contributed by atoms with Gasteiger partial charge < -0.3 is 5.32 Å². The Balaban J connectivity index is 1.53. The summed E-state index contributed by atoms with van der Waals surface area (Å²) < 4.78 is 27.4. The van der Waals surface area contributed by atoms with Crippen molar-refractivity contribution in [2.24, 2.45) is 0 Å². The molecule has 0 saturated heterocycles. The third kappa shape index (κ3) is 5.62. The third-order valence-corrected chi connectivity index (χ3v) is 7.66. The minimum absolute atomic E-state index is 0.0143. The fourth-order valence-electron chi connectivity index (χ4n) is 2.38. The van der Waals surface area contributed by atoms with Gasteiger partial charge in [0.1, 0.15) is 9.88 Å². The lowest BCUT2D eigenvalue weighted by molar-refractivity contribution is 0.0959. The first-order valence-corrected chi connectivity index (χ1v) is 12.0. The summed E-state index contributed by atoms with van der Waals surface area (Å²) in [5.74, 6) is -0.529. The van der Waals surface area contributed by atoms with Crippen LogP contribution in [0.25, 0.3) is 9.88 Å². The van der Waals surface area contributed by atoms with Crippen LogP contribution in [0.5, 0.6) is 0 Å². The Kier molecular flexibility index (Phi) is 6.84. The molecule has 3 rings (SSSR count). The van der Waals surface area contributed by atoms with Crippen molar-refractivity contribution in [1.82, 2.24) is 15.0 Å². The van der Waals surface area contributed by atoms with Crippen molar-refractivity contribution in [3.05, 3.63) is 62.9 Å². The molecule has 6 nitrogen and oxygen atoms in total. The van der Waals surface area contributed by atoms with Crippen molar-refractivity contribution in [2.45, 2.75) is 13.5 Å². The molecular formula is C18H18ClN3O3S3. The van der Waals surface area contributed by atoms with E-state index in [2.05, 4.69) is 15.0 Å². The summed E-state index contributed by atoms with van der Waals surface area (Å²) in [5, 5.41) is 3.37. The molecule has 0 fully saturated rings. The number of aryl methyl sites for hydroxylation is 1. The molecule has 2 heterocycles. The molecule has 3 aromatic rings. The zero-order valence-corrected chi connectivity index (χ0v) is 18.1. The van der Waals surface area contributed by atoms with Crippen molar-refractivity contribution >= 4 is 50.2 Å². The number of thiazole rings is 1. The van der Waals surface area contributed by atoms with Crippen molar-refractivity contribution in [3.63, 3.8) is 0 Å². The highest BCUT2D eigenvalue weighted by Gasteiger charge is 2.18. The van der Waals surface area contributed by atoms with Crippen LogP contribution in [0.1, 0.15) is 20.9 Å². The minimum Gasteiger partial charge on any atom is -0.350 e. The number of nitrogens with one attached hydrogen (secondary N) is 2. The zero-order valence-electron chi connectivity index (χ0n) is 14.9. The van der Waals surface area contributed by atoms with Gasteiger partial charge in [0.15, 0.2) is 0 Å². The molecule has 0 radical (unpaired) electrons. The van der Waals surface area contributed by atoms with E-state index in [9.17, 15) is 13.2 Å². The Morgan fingerprint density at radius 1 is 1.14 bits per heavy atom. The average molecular weight is 456 g/mol. The maximum absolute atomic E-state index is 12.4. The molecule has 0 unspecified atom stereocenters. The number of rotatable bonds is 8. The summed E-state index contributed by atoms with van der Waals surface area (Å²) >= 11 is 8.61. The molecule has 2 N–H and O–H groups in total. The fourth-order valence-corrected chi connectivity index (χ4v) is 5.36. The highest BCUT2D eigenvalue weighted by molar-refractivity contribution is 7.89. The molecule has 0 spiro atoms. The number of carbonyl (C=O) groups is 1. The van der Waals surface area contributed by atoms with Crippen LogP contribution in [0.2, 0.25) is 4.34 Å². The molecule has 0 atom stereocenters. The summed E-state index contributed by atoms with van der Waals surface area (Å²) in [4.78, 5) is 18.2. The molecule has 10 heteroatoms. The Morgan fingerprint density at radius 2 is 1.89 bits per heavy atom. The second-order valence-electron chi connectivity index (χ2n) is 5.92. The van der Waals surface area contributed by atoms with E-state index >= 15 is 0 Å². The predicted octanol–water partition coefficient (Wildman–Crippen LogP) is 3.68. The number of carbonyl (C=O) groups excluding carboxylic acids is 1. The van der Waals surface area contributed by atoms with Gasteiger partial charge in [0.05, 0.1) is 20.7 Å². The predicted molar refractivity (Wildman–Crippen MR) is 115 cm³/mol. The lowest BCUT2D eigenvalue weighted by Crippen LogP contribution is -2.34. The molecule has 1 aromatic carbocycles. The normalized spacial score (nSPS) is 11.5. The van der Waals surface area contributed by atoms with E-state index < -0.39 is 10.0 Å². The van der Waals surface area contributed by atoms with Crippen molar-refractivity contribution in [1.29, 1.82) is 0 Å². The topological polar surface area (TPSA) is 88.2 Å². The Morgan fingerprint density at radius 3 is 2.57 bits per heavy atom. The molecule has 1 amide bonds. The van der Waals surface area contributed by atoms with Gasteiger partial charge in [-0.15, -0.1) is 22.7 Å². The van der Waals surface area contributed by atoms with Gasteiger partial charge in [-0.3, -0.25) is 4.79 Å². The fraction of sp³-hybridized carbons (Fsp3) is 0.222. The largest absolute Gasteiger partial charge is 0.350 e. The van der Waals surface area contributed by atoms with Crippen LogP contribution in [-0.4, -0.2) is 31.6 Å². The van der Waals surface area contributed by atoms with Crippen molar-refractivity contribution < 1.29 is 13.2 Å². The minimum atomic E-state index is -3.49. The van der Waals surface area contributed by atoms with Gasteiger partial charge in [0.2, 0.25) is 10.0 Å². The summed E-state index contributed by atoms with van der Waals surface area (Å²) in [6.45, 7) is 1.99. The first kappa shape index (κ1) is 20.9. The second kappa shape index (κ2) is 9.15. The van der Waals surface area contributed by atoms with Crippen molar-refractivity contribution in [2.75, 3.05) is 12.3 Å². The van der Waals surface area contributed by atoms with Gasteiger partial charge in [-0.2, -0.15) is 0 Å². The molecule has 0 bridgehead atoms. The lowest BCUT2D eigenvalue weighted by atomic mass is 10.2.